The van der Waals surface area contributed by atoms with E-state index >= 15 is 0 Å². The molecule has 1 aromatic rings. The highest BCUT2D eigenvalue weighted by Crippen LogP contribution is 2.17. The lowest BCUT2D eigenvalue weighted by molar-refractivity contribution is 0.394. The molecule has 1 aromatic heterocycles. The van der Waals surface area contributed by atoms with Crippen molar-refractivity contribution in [1.29, 1.82) is 0 Å². The van der Waals surface area contributed by atoms with E-state index in [4.69, 9.17) is 4.42 Å². The summed E-state index contributed by atoms with van der Waals surface area (Å²) in [4.78, 5) is 0. The molecule has 0 aliphatic carbocycles. The van der Waals surface area contributed by atoms with Gasteiger partial charge in [0.15, 0.2) is 0 Å². The lowest BCUT2D eigenvalue weighted by Gasteiger charge is -2.22. The first-order chi connectivity index (χ1) is 7.45. The van der Waals surface area contributed by atoms with Gasteiger partial charge in [0.2, 0.25) is 0 Å². The van der Waals surface area contributed by atoms with Crippen LogP contribution in [0.3, 0.4) is 0 Å². The minimum Gasteiger partial charge on any atom is -0.468 e. The topological polar surface area (TPSA) is 25.2 Å². The number of nitrogens with one attached hydrogen (secondary N) is 1. The Morgan fingerprint density at radius 2 is 2.47 bits per heavy atom. The van der Waals surface area contributed by atoms with Crippen LogP contribution in [0.4, 0.5) is 0 Å². The van der Waals surface area contributed by atoms with Crippen LogP contribution in [0.5, 0.6) is 0 Å². The Morgan fingerprint density at radius 3 is 3.20 bits per heavy atom. The zero-order chi connectivity index (χ0) is 10.3. The van der Waals surface area contributed by atoms with Gasteiger partial charge in [-0.25, -0.2) is 0 Å². The summed E-state index contributed by atoms with van der Waals surface area (Å²) in [5.41, 5.74) is 0. The molecule has 0 aromatic carbocycles. The van der Waals surface area contributed by atoms with E-state index in [1.165, 1.54) is 38.0 Å². The molecule has 2 heterocycles. The Morgan fingerprint density at radius 1 is 1.47 bits per heavy atom. The molecule has 0 radical (unpaired) electrons. The number of furan rings is 1. The van der Waals surface area contributed by atoms with Crippen LogP contribution >= 0.6 is 11.8 Å². The van der Waals surface area contributed by atoms with Crippen LogP contribution in [0.1, 0.15) is 31.4 Å². The van der Waals surface area contributed by atoms with Crippen molar-refractivity contribution in [1.82, 2.24) is 5.32 Å². The summed E-state index contributed by atoms with van der Waals surface area (Å²) in [7, 11) is 0. The third kappa shape index (κ3) is 3.92. The van der Waals surface area contributed by atoms with Crippen LogP contribution in [-0.2, 0) is 5.75 Å². The molecule has 1 saturated heterocycles. The van der Waals surface area contributed by atoms with E-state index in [1.807, 2.05) is 23.9 Å². The van der Waals surface area contributed by atoms with Gasteiger partial charge in [-0.15, -0.1) is 0 Å². The molecule has 2 rings (SSSR count). The number of hydrogen-bond donors (Lipinski definition) is 1. The third-order valence-electron chi connectivity index (χ3n) is 2.85. The zero-order valence-electron chi connectivity index (χ0n) is 9.08. The Hall–Kier alpha value is -0.410. The molecular weight excluding hydrogens is 206 g/mol. The van der Waals surface area contributed by atoms with Gasteiger partial charge in [-0.3, -0.25) is 0 Å². The van der Waals surface area contributed by atoms with Gasteiger partial charge in [-0.1, -0.05) is 6.42 Å². The van der Waals surface area contributed by atoms with Crippen molar-refractivity contribution in [3.63, 3.8) is 0 Å². The van der Waals surface area contributed by atoms with Gasteiger partial charge in [0.25, 0.3) is 0 Å². The summed E-state index contributed by atoms with van der Waals surface area (Å²) >= 11 is 1.97. The summed E-state index contributed by atoms with van der Waals surface area (Å²) in [6.45, 7) is 1.22. The first-order valence-corrected chi connectivity index (χ1v) is 6.94. The second kappa shape index (κ2) is 6.23. The highest BCUT2D eigenvalue weighted by atomic mass is 32.2. The Bertz CT molecular complexity index is 255. The van der Waals surface area contributed by atoms with Crippen LogP contribution in [0.2, 0.25) is 0 Å². The van der Waals surface area contributed by atoms with E-state index < -0.39 is 0 Å². The van der Waals surface area contributed by atoms with Gasteiger partial charge in [0.1, 0.15) is 5.76 Å². The molecule has 1 aliphatic rings. The molecule has 1 unspecified atom stereocenters. The van der Waals surface area contributed by atoms with E-state index in [1.54, 1.807) is 6.26 Å². The molecule has 0 saturated carbocycles. The fourth-order valence-electron chi connectivity index (χ4n) is 1.96. The third-order valence-corrected chi connectivity index (χ3v) is 3.86. The number of piperidine rings is 1. The minimum atomic E-state index is 0.767. The monoisotopic (exact) mass is 225 g/mol. The average molecular weight is 225 g/mol. The summed E-state index contributed by atoms with van der Waals surface area (Å²) in [5.74, 6) is 3.34. The predicted molar refractivity (Wildman–Crippen MR) is 65.1 cm³/mol. The summed E-state index contributed by atoms with van der Waals surface area (Å²) in [6.07, 6.45) is 7.17. The molecule has 1 atom stereocenters. The maximum Gasteiger partial charge on any atom is 0.113 e. The van der Waals surface area contributed by atoms with Gasteiger partial charge in [0.05, 0.1) is 12.0 Å². The Labute approximate surface area is 95.8 Å². The quantitative estimate of drug-likeness (QED) is 0.780. The van der Waals surface area contributed by atoms with Crippen molar-refractivity contribution < 1.29 is 4.42 Å². The Kier molecular flexibility index (Phi) is 4.61. The molecule has 0 bridgehead atoms. The van der Waals surface area contributed by atoms with Crippen LogP contribution in [0, 0.1) is 0 Å². The molecule has 0 amide bonds. The molecule has 0 spiro atoms. The van der Waals surface area contributed by atoms with Crippen LogP contribution in [0.15, 0.2) is 22.8 Å². The van der Waals surface area contributed by atoms with Crippen molar-refractivity contribution >= 4 is 11.8 Å². The number of thioether (sulfide) groups is 1. The maximum absolute atomic E-state index is 5.29. The average Bonchev–Trinajstić information content (AvgIpc) is 2.79. The normalized spacial score (nSPS) is 21.7. The van der Waals surface area contributed by atoms with Crippen LogP contribution in [-0.4, -0.2) is 18.3 Å². The van der Waals surface area contributed by atoms with Crippen molar-refractivity contribution in [3.8, 4) is 0 Å². The molecular formula is C12H19NOS. The van der Waals surface area contributed by atoms with Crippen LogP contribution in [0.25, 0.3) is 0 Å². The maximum atomic E-state index is 5.29. The second-order valence-electron chi connectivity index (χ2n) is 4.07. The standard InChI is InChI=1S/C12H19NOS/c1-2-7-13-11(4-1)6-9-15-10-12-5-3-8-14-12/h3,5,8,11,13H,1-2,4,6-7,9-10H2. The molecule has 1 N–H and O–H groups in total. The van der Waals surface area contributed by atoms with Crippen molar-refractivity contribution in [3.05, 3.63) is 24.2 Å². The van der Waals surface area contributed by atoms with Crippen LogP contribution < -0.4 is 5.32 Å². The predicted octanol–water partition coefficient (Wildman–Crippen LogP) is 3.05. The molecule has 1 aliphatic heterocycles. The highest BCUT2D eigenvalue weighted by Gasteiger charge is 2.11. The van der Waals surface area contributed by atoms with Crippen molar-refractivity contribution in [2.24, 2.45) is 0 Å². The molecule has 84 valence electrons. The molecule has 15 heavy (non-hydrogen) atoms. The molecule has 2 nitrogen and oxygen atoms in total. The van der Waals surface area contributed by atoms with Gasteiger partial charge in [0, 0.05) is 6.04 Å². The highest BCUT2D eigenvalue weighted by molar-refractivity contribution is 7.98. The van der Waals surface area contributed by atoms with Gasteiger partial charge < -0.3 is 9.73 Å². The van der Waals surface area contributed by atoms with E-state index in [0.717, 1.165) is 17.6 Å². The lowest BCUT2D eigenvalue weighted by atomic mass is 10.0. The summed E-state index contributed by atoms with van der Waals surface area (Å²) in [5, 5.41) is 3.58. The minimum absolute atomic E-state index is 0.767. The Balaban J connectivity index is 1.54. The summed E-state index contributed by atoms with van der Waals surface area (Å²) < 4.78 is 5.29. The first kappa shape index (κ1) is 11.1. The number of rotatable bonds is 5. The van der Waals surface area contributed by atoms with E-state index in [2.05, 4.69) is 5.32 Å². The number of hydrogen-bond acceptors (Lipinski definition) is 3. The van der Waals surface area contributed by atoms with Crippen molar-refractivity contribution in [2.45, 2.75) is 37.5 Å². The SMILES string of the molecule is c1coc(CSCCC2CCCCN2)c1. The van der Waals surface area contributed by atoms with Gasteiger partial charge in [-0.05, 0) is 43.7 Å². The van der Waals surface area contributed by atoms with E-state index in [9.17, 15) is 0 Å². The second-order valence-corrected chi connectivity index (χ2v) is 5.17. The van der Waals surface area contributed by atoms with Gasteiger partial charge >= 0.3 is 0 Å². The fraction of sp³-hybridized carbons (Fsp3) is 0.667. The largest absolute Gasteiger partial charge is 0.468 e. The molecule has 1 fully saturated rings. The van der Waals surface area contributed by atoms with Gasteiger partial charge in [-0.2, -0.15) is 11.8 Å². The fourth-order valence-corrected chi connectivity index (χ4v) is 2.92. The molecule has 3 heteroatoms. The lowest BCUT2D eigenvalue weighted by Crippen LogP contribution is -2.34. The summed E-state index contributed by atoms with van der Waals surface area (Å²) in [6, 6.07) is 4.77. The smallest absolute Gasteiger partial charge is 0.113 e. The zero-order valence-corrected chi connectivity index (χ0v) is 9.89. The van der Waals surface area contributed by atoms with E-state index in [0.29, 0.717) is 0 Å². The van der Waals surface area contributed by atoms with Crippen molar-refractivity contribution in [2.75, 3.05) is 12.3 Å². The first-order valence-electron chi connectivity index (χ1n) is 5.78. The van der Waals surface area contributed by atoms with E-state index in [-0.39, 0.29) is 0 Å².